The number of ether oxygens (including phenoxy) is 1. The number of benzene rings is 2. The number of carbonyl (C=O) groups is 1. The lowest BCUT2D eigenvalue weighted by Crippen LogP contribution is -2.26. The number of amides is 1. The van der Waals surface area contributed by atoms with Gasteiger partial charge in [0, 0.05) is 31.3 Å². The van der Waals surface area contributed by atoms with Gasteiger partial charge in [-0.2, -0.15) is 13.2 Å². The molecule has 7 heteroatoms. The SMILES string of the molecule is O=C(NCCC#Cc1cnccc1C(F)(F)F)OCC1c2ccccc2-c2ccccc21. The maximum atomic E-state index is 13.0. The van der Waals surface area contributed by atoms with Gasteiger partial charge in [0.05, 0.1) is 11.1 Å². The summed E-state index contributed by atoms with van der Waals surface area (Å²) in [5.41, 5.74) is 3.49. The van der Waals surface area contributed by atoms with E-state index in [0.29, 0.717) is 0 Å². The molecule has 0 bridgehead atoms. The lowest BCUT2D eigenvalue weighted by Gasteiger charge is -2.14. The molecule has 0 atom stereocenters. The summed E-state index contributed by atoms with van der Waals surface area (Å²) in [6.45, 7) is 0.349. The third-order valence-corrected chi connectivity index (χ3v) is 5.21. The van der Waals surface area contributed by atoms with Crippen molar-refractivity contribution >= 4 is 6.09 Å². The van der Waals surface area contributed by atoms with Crippen LogP contribution in [0, 0.1) is 11.8 Å². The Balaban J connectivity index is 1.30. The van der Waals surface area contributed by atoms with Crippen molar-refractivity contribution in [3.63, 3.8) is 0 Å². The minimum absolute atomic E-state index is 0.0423. The van der Waals surface area contributed by atoms with Gasteiger partial charge in [-0.3, -0.25) is 4.98 Å². The fourth-order valence-electron chi connectivity index (χ4n) is 3.78. The highest BCUT2D eigenvalue weighted by Crippen LogP contribution is 2.44. The summed E-state index contributed by atoms with van der Waals surface area (Å²) in [6, 6.07) is 16.9. The molecule has 3 aromatic rings. The molecule has 2 aromatic carbocycles. The molecule has 1 aliphatic carbocycles. The Bertz CT molecular complexity index is 1150. The van der Waals surface area contributed by atoms with Gasteiger partial charge in [0.2, 0.25) is 0 Å². The van der Waals surface area contributed by atoms with Crippen molar-refractivity contribution in [1.29, 1.82) is 0 Å². The Morgan fingerprint density at radius 2 is 1.69 bits per heavy atom. The second-order valence-electron chi connectivity index (χ2n) is 7.22. The van der Waals surface area contributed by atoms with Gasteiger partial charge in [0.15, 0.2) is 0 Å². The number of aromatic nitrogens is 1. The number of pyridine rings is 1. The number of fused-ring (bicyclic) bond motifs is 3. The zero-order valence-corrected chi connectivity index (χ0v) is 16.9. The fourth-order valence-corrected chi connectivity index (χ4v) is 3.78. The van der Waals surface area contributed by atoms with Gasteiger partial charge in [-0.15, -0.1) is 0 Å². The number of hydrogen-bond acceptors (Lipinski definition) is 3. The van der Waals surface area contributed by atoms with Crippen molar-refractivity contribution in [2.45, 2.75) is 18.5 Å². The predicted octanol–water partition coefficient (Wildman–Crippen LogP) is 5.38. The number of halogens is 3. The topological polar surface area (TPSA) is 51.2 Å². The monoisotopic (exact) mass is 436 g/mol. The van der Waals surface area contributed by atoms with Crippen LogP contribution in [0.25, 0.3) is 11.1 Å². The van der Waals surface area contributed by atoms with Crippen LogP contribution in [0.1, 0.15) is 34.6 Å². The van der Waals surface area contributed by atoms with E-state index in [-0.39, 0.29) is 31.1 Å². The largest absolute Gasteiger partial charge is 0.449 e. The minimum atomic E-state index is -4.49. The summed E-state index contributed by atoms with van der Waals surface area (Å²) in [5.74, 6) is 5.06. The smallest absolute Gasteiger partial charge is 0.417 e. The van der Waals surface area contributed by atoms with Crippen molar-refractivity contribution in [2.75, 3.05) is 13.2 Å². The molecule has 4 nitrogen and oxygen atoms in total. The molecule has 1 aliphatic rings. The zero-order valence-electron chi connectivity index (χ0n) is 16.9. The molecular weight excluding hydrogens is 417 g/mol. The fraction of sp³-hybridized carbons (Fsp3) is 0.200. The van der Waals surface area contributed by atoms with E-state index in [2.05, 4.69) is 34.3 Å². The van der Waals surface area contributed by atoms with E-state index in [1.54, 1.807) is 0 Å². The summed E-state index contributed by atoms with van der Waals surface area (Å²) < 4.78 is 44.3. The van der Waals surface area contributed by atoms with Crippen molar-refractivity contribution in [1.82, 2.24) is 10.3 Å². The molecule has 4 rings (SSSR count). The lowest BCUT2D eigenvalue weighted by atomic mass is 9.98. The summed E-state index contributed by atoms with van der Waals surface area (Å²) >= 11 is 0. The predicted molar refractivity (Wildman–Crippen MR) is 114 cm³/mol. The molecule has 0 saturated heterocycles. The average Bonchev–Trinajstić information content (AvgIpc) is 3.11. The number of carbonyl (C=O) groups excluding carboxylic acids is 1. The van der Waals surface area contributed by atoms with Gasteiger partial charge in [-0.1, -0.05) is 60.4 Å². The normalized spacial score (nSPS) is 12.3. The Labute approximate surface area is 183 Å². The third kappa shape index (κ3) is 4.59. The molecule has 0 saturated carbocycles. The molecular formula is C25H19F3N2O2. The number of nitrogens with one attached hydrogen (secondary N) is 1. The quantitative estimate of drug-likeness (QED) is 0.441. The van der Waals surface area contributed by atoms with Gasteiger partial charge in [-0.25, -0.2) is 4.79 Å². The van der Waals surface area contributed by atoms with Gasteiger partial charge in [-0.05, 0) is 28.3 Å². The first-order chi connectivity index (χ1) is 15.4. The Hall–Kier alpha value is -3.79. The molecule has 0 unspecified atom stereocenters. The summed E-state index contributed by atoms with van der Waals surface area (Å²) in [4.78, 5) is 15.8. The van der Waals surface area contributed by atoms with Crippen LogP contribution < -0.4 is 5.32 Å². The van der Waals surface area contributed by atoms with Crippen LogP contribution in [-0.2, 0) is 10.9 Å². The lowest BCUT2D eigenvalue weighted by molar-refractivity contribution is -0.137. The van der Waals surface area contributed by atoms with Gasteiger partial charge in [0.1, 0.15) is 6.61 Å². The van der Waals surface area contributed by atoms with E-state index in [0.717, 1.165) is 40.7 Å². The van der Waals surface area contributed by atoms with Crippen LogP contribution in [0.2, 0.25) is 0 Å². The van der Waals surface area contributed by atoms with Crippen LogP contribution in [-0.4, -0.2) is 24.2 Å². The Kier molecular flexibility index (Phi) is 6.13. The second kappa shape index (κ2) is 9.15. The van der Waals surface area contributed by atoms with E-state index in [1.165, 1.54) is 0 Å². The van der Waals surface area contributed by atoms with Gasteiger partial charge < -0.3 is 10.1 Å². The number of alkyl carbamates (subject to hydrolysis) is 1. The number of hydrogen-bond donors (Lipinski definition) is 1. The summed E-state index contributed by atoms with van der Waals surface area (Å²) in [5, 5.41) is 2.58. The molecule has 1 N–H and O–H groups in total. The second-order valence-corrected chi connectivity index (χ2v) is 7.22. The molecule has 0 aliphatic heterocycles. The number of nitrogens with zero attached hydrogens (tertiary/aromatic N) is 1. The summed E-state index contributed by atoms with van der Waals surface area (Å²) in [6.07, 6.45) is -2.75. The van der Waals surface area contributed by atoms with Gasteiger partial charge >= 0.3 is 12.3 Å². The molecule has 162 valence electrons. The standard InChI is InChI=1S/C25H19F3N2O2/c26-25(27,28)23-12-14-29-15-17(23)7-5-6-13-30-24(31)32-16-22-20-10-3-1-8-18(20)19-9-2-4-11-21(19)22/h1-4,8-12,14-15,22H,6,13,16H2,(H,30,31). The molecule has 0 spiro atoms. The molecule has 32 heavy (non-hydrogen) atoms. The van der Waals surface area contributed by atoms with Crippen molar-refractivity contribution in [3.8, 4) is 23.0 Å². The number of rotatable bonds is 4. The zero-order chi connectivity index (χ0) is 22.6. The first kappa shape index (κ1) is 21.4. The van der Waals surface area contributed by atoms with Gasteiger partial charge in [0.25, 0.3) is 0 Å². The molecule has 1 amide bonds. The minimum Gasteiger partial charge on any atom is -0.449 e. The van der Waals surface area contributed by atoms with Crippen LogP contribution >= 0.6 is 0 Å². The van der Waals surface area contributed by atoms with Crippen LogP contribution in [0.5, 0.6) is 0 Å². The van der Waals surface area contributed by atoms with Crippen LogP contribution in [0.3, 0.4) is 0 Å². The Morgan fingerprint density at radius 1 is 1.03 bits per heavy atom. The van der Waals surface area contributed by atoms with Crippen LogP contribution in [0.4, 0.5) is 18.0 Å². The number of alkyl halides is 3. The Morgan fingerprint density at radius 3 is 2.34 bits per heavy atom. The first-order valence-corrected chi connectivity index (χ1v) is 10.0. The van der Waals surface area contributed by atoms with E-state index in [4.69, 9.17) is 4.74 Å². The average molecular weight is 436 g/mol. The highest BCUT2D eigenvalue weighted by atomic mass is 19.4. The van der Waals surface area contributed by atoms with E-state index in [9.17, 15) is 18.0 Å². The van der Waals surface area contributed by atoms with Crippen LogP contribution in [0.15, 0.2) is 67.0 Å². The highest BCUT2D eigenvalue weighted by molar-refractivity contribution is 5.79. The van der Waals surface area contributed by atoms with Crippen molar-refractivity contribution in [2.24, 2.45) is 0 Å². The molecule has 1 heterocycles. The molecule has 0 radical (unpaired) electrons. The van der Waals surface area contributed by atoms with Crippen molar-refractivity contribution < 1.29 is 22.7 Å². The summed E-state index contributed by atoms with van der Waals surface area (Å²) in [7, 11) is 0. The third-order valence-electron chi connectivity index (χ3n) is 5.21. The molecule has 1 aromatic heterocycles. The maximum absolute atomic E-state index is 13.0. The van der Waals surface area contributed by atoms with E-state index >= 15 is 0 Å². The first-order valence-electron chi connectivity index (χ1n) is 10.0. The maximum Gasteiger partial charge on any atom is 0.417 e. The molecule has 0 fully saturated rings. The highest BCUT2D eigenvalue weighted by Gasteiger charge is 2.33. The van der Waals surface area contributed by atoms with E-state index in [1.807, 2.05) is 36.4 Å². The van der Waals surface area contributed by atoms with Crippen molar-refractivity contribution in [3.05, 3.63) is 89.2 Å². The van der Waals surface area contributed by atoms with E-state index < -0.39 is 17.8 Å².